The van der Waals surface area contributed by atoms with Gasteiger partial charge in [-0.15, -0.1) is 65.6 Å². The molecule has 0 aliphatic rings. The second-order valence-corrected chi connectivity index (χ2v) is 26.4. The van der Waals surface area contributed by atoms with Crippen LogP contribution >= 0.6 is 0 Å². The van der Waals surface area contributed by atoms with Crippen molar-refractivity contribution in [2.45, 2.75) is 0 Å². The second kappa shape index (κ2) is 36.9. The Bertz CT molecular complexity index is 5390. The molecule has 0 aliphatic heterocycles. The van der Waals surface area contributed by atoms with E-state index >= 15 is 105 Å². The molecule has 720 valence electrons. The Kier molecular flexibility index (Phi) is 29.0. The van der Waals surface area contributed by atoms with Crippen molar-refractivity contribution < 1.29 is 263 Å². The molecule has 0 aliphatic carbocycles. The van der Waals surface area contributed by atoms with E-state index in [-0.39, 0.29) is 25.8 Å². The zero-order valence-electron chi connectivity index (χ0n) is 61.0. The third-order valence-electron chi connectivity index (χ3n) is 20.1. The average molecular weight is 2150 g/mol. The summed E-state index contributed by atoms with van der Waals surface area (Å²) in [7, 11) is 0. The maximum Gasteiger partial charge on any atom is 3.00 e. The summed E-state index contributed by atoms with van der Waals surface area (Å²) in [5, 5.41) is 0. The number of halogens is 60. The van der Waals surface area contributed by atoms with Crippen molar-refractivity contribution in [2.24, 2.45) is 0 Å². The summed E-state index contributed by atoms with van der Waals surface area (Å²) in [6.07, 6.45) is -21.7. The van der Waals surface area contributed by atoms with Crippen LogP contribution in [0.5, 0.6) is 0 Å². The van der Waals surface area contributed by atoms with Crippen LogP contribution in [0.2, 0.25) is 0 Å². The summed E-state index contributed by atoms with van der Waals surface area (Å²) in [6, 6.07) is 0. The Morgan fingerprint density at radius 2 is 0.0882 bits per heavy atom. The van der Waals surface area contributed by atoms with E-state index in [1.165, 1.54) is 0 Å². The van der Waals surface area contributed by atoms with Crippen molar-refractivity contribution in [1.29, 1.82) is 0 Å². The topological polar surface area (TPSA) is 0 Å². The van der Waals surface area contributed by atoms with E-state index in [1.807, 2.05) is 0 Å². The van der Waals surface area contributed by atoms with Gasteiger partial charge in [0.2, 0.25) is 0 Å². The third kappa shape index (κ3) is 14.6. The molecule has 0 saturated carbocycles. The van der Waals surface area contributed by atoms with Gasteiger partial charge in [0.25, 0.3) is 0 Å². The zero-order valence-corrected chi connectivity index (χ0v) is 64.3. The minimum absolute atomic E-state index is 0. The van der Waals surface area contributed by atoms with Crippen LogP contribution in [0.4, 0.5) is 263 Å². The van der Waals surface area contributed by atoms with Gasteiger partial charge in [0.15, 0.2) is 209 Å². The average Bonchev–Trinajstić information content (AvgIpc) is 0.687. The first-order valence-corrected chi connectivity index (χ1v) is 32.8. The van der Waals surface area contributed by atoms with Gasteiger partial charge >= 0.3 is 25.8 Å². The predicted octanol–water partition coefficient (Wildman–Crippen LogP) is 17.2. The van der Waals surface area contributed by atoms with Crippen LogP contribution in [0.3, 0.4) is 0 Å². The van der Waals surface area contributed by atoms with Crippen LogP contribution in [-0.4, -0.2) is 44.3 Å². The number of hydrogen-bond donors (Lipinski definition) is 0. The van der Waals surface area contributed by atoms with Crippen molar-refractivity contribution in [3.63, 3.8) is 0 Å². The molecule has 0 N–H and O–H groups in total. The molecule has 0 unspecified atom stereocenters. The fourth-order valence-corrected chi connectivity index (χ4v) is 14.6. The Labute approximate surface area is 720 Å². The van der Waals surface area contributed by atoms with Crippen LogP contribution in [0, 0.1) is 349 Å². The van der Waals surface area contributed by atoms with E-state index < -0.39 is 433 Å². The van der Waals surface area contributed by atoms with Gasteiger partial charge in [0, 0.05) is 0 Å². The van der Waals surface area contributed by atoms with Crippen LogP contribution in [0.15, 0.2) is 0 Å². The van der Waals surface area contributed by atoms with Gasteiger partial charge in [0.05, 0.1) is 0 Å². The van der Waals surface area contributed by atoms with E-state index in [0.717, 1.165) is 0 Å². The van der Waals surface area contributed by atoms with E-state index in [4.69, 9.17) is 0 Å². The molecule has 0 radical (unpaired) electrons. The Morgan fingerprint density at radius 1 is 0.0588 bits per heavy atom. The van der Waals surface area contributed by atoms with Crippen molar-refractivity contribution in [1.82, 2.24) is 0 Å². The summed E-state index contributed by atoms with van der Waals surface area (Å²) >= 11 is 0. The molecule has 0 heterocycles. The third-order valence-corrected chi connectivity index (χ3v) is 20.1. The van der Waals surface area contributed by atoms with Gasteiger partial charge in [-0.3, -0.25) is 0 Å². The molecule has 0 saturated heterocycles. The summed E-state index contributed by atoms with van der Waals surface area (Å²) in [4.78, 5) is 0. The summed E-state index contributed by atoms with van der Waals surface area (Å²) in [5.41, 5.74) is -43.0. The molecule has 0 atom stereocenters. The van der Waals surface area contributed by atoms with Crippen molar-refractivity contribution in [3.8, 4) is 0 Å². The monoisotopic (exact) mass is 2150 g/mol. The molecule has 12 rings (SSSR count). The molecule has 0 fully saturated rings. The molecular weight excluding hydrogens is 2150 g/mol. The Balaban J connectivity index is 0.000000228. The quantitative estimate of drug-likeness (QED) is 0.0495. The van der Waals surface area contributed by atoms with E-state index in [1.54, 1.807) is 0 Å². The second-order valence-electron chi connectivity index (χ2n) is 26.4. The molecule has 136 heavy (non-hydrogen) atoms. The van der Waals surface area contributed by atoms with E-state index in [0.29, 0.717) is 0 Å². The molecule has 0 amide bonds. The smallest absolute Gasteiger partial charge is 0.207 e. The summed E-state index contributed by atoms with van der Waals surface area (Å²) in [5.74, 6) is -214. The van der Waals surface area contributed by atoms with Crippen LogP contribution in [0.1, 0.15) is 0 Å². The molecule has 0 bridgehead atoms. The maximum atomic E-state index is 15.4. The largest absolute Gasteiger partial charge is 3.00 e. The molecule has 0 nitrogen and oxygen atoms in total. The summed E-state index contributed by atoms with van der Waals surface area (Å²) in [6.45, 7) is 0. The van der Waals surface area contributed by atoms with Gasteiger partial charge in [-0.05, 0) is 0 Å². The first-order chi connectivity index (χ1) is 62.1. The van der Waals surface area contributed by atoms with Gasteiger partial charge < -0.3 is 0 Å². The predicted molar refractivity (Wildman–Crippen MR) is 333 cm³/mol. The molecular formula is C72B3F60In. The first kappa shape index (κ1) is 107. The van der Waals surface area contributed by atoms with Gasteiger partial charge in [-0.25, -0.2) is 263 Å². The molecule has 12 aromatic carbocycles. The van der Waals surface area contributed by atoms with Crippen molar-refractivity contribution >= 4 is 110 Å². The van der Waals surface area contributed by atoms with Gasteiger partial charge in [-0.2, -0.15) is 0 Å². The fraction of sp³-hybridized carbons (Fsp3) is 0. The maximum absolute atomic E-state index is 15.4. The van der Waals surface area contributed by atoms with E-state index in [2.05, 4.69) is 0 Å². The van der Waals surface area contributed by atoms with E-state index in [9.17, 15) is 158 Å². The van der Waals surface area contributed by atoms with Crippen molar-refractivity contribution in [2.75, 3.05) is 0 Å². The molecule has 12 aromatic rings. The number of hydrogen-bond acceptors (Lipinski definition) is 0. The Hall–Kier alpha value is -12.5. The minimum Gasteiger partial charge on any atom is -0.207 e. The number of benzene rings is 12. The Morgan fingerprint density at radius 3 is 0.125 bits per heavy atom. The number of rotatable bonds is 12. The van der Waals surface area contributed by atoms with Gasteiger partial charge in [0.1, 0.15) is 158 Å². The van der Waals surface area contributed by atoms with Crippen LogP contribution < -0.4 is 65.6 Å². The molecule has 64 heteroatoms. The van der Waals surface area contributed by atoms with Crippen LogP contribution in [0.25, 0.3) is 0 Å². The normalized spacial score (nSPS) is 11.9. The summed E-state index contributed by atoms with van der Waals surface area (Å²) < 4.78 is 882. The molecule has 0 spiro atoms. The minimum atomic E-state index is -7.22. The SMILES string of the molecule is Fc1c(F)c(F)c([B-](c2c(F)c(F)c(F)c(F)c2F)(c2c(F)c(F)c(F)c(F)c2F)c2c(F)c(F)c(F)c(F)c2F)c(F)c1F.Fc1c(F)c(F)c([B-](c2c(F)c(F)c(F)c(F)c2F)(c2c(F)c(F)c(F)c(F)c2F)c2c(F)c(F)c(F)c(F)c2F)c(F)c1F.Fc1c(F)c(F)c([B-](c2c(F)c(F)c(F)c(F)c2F)(c2c(F)c(F)c(F)c(F)c2F)c2c(F)c(F)c(F)c(F)c2F)c(F)c1F.[In+3]. The van der Waals surface area contributed by atoms with Crippen LogP contribution in [-0.2, 0) is 0 Å². The molecule has 0 aromatic heterocycles. The van der Waals surface area contributed by atoms with Gasteiger partial charge in [-0.1, -0.05) is 0 Å². The standard InChI is InChI=1S/3C24BF20.In/c3*26-5-1(6(27)14(35)21(42)13(5)34)25(2-7(28)15(36)22(43)16(37)8(2)29,3-9(30)17(38)23(44)18(39)10(3)31)4-11(32)19(40)24(45)20(41)12(4)33;/q3*-1;+3. The zero-order chi connectivity index (χ0) is 103. The van der Waals surface area contributed by atoms with Crippen molar-refractivity contribution in [3.05, 3.63) is 349 Å². The first-order valence-electron chi connectivity index (χ1n) is 32.8. The fourth-order valence-electron chi connectivity index (χ4n) is 14.6.